The molecule has 0 radical (unpaired) electrons. The summed E-state index contributed by atoms with van der Waals surface area (Å²) in [6, 6.07) is 6.64. The maximum atomic E-state index is 11.9. The van der Waals surface area contributed by atoms with Crippen molar-refractivity contribution in [3.63, 3.8) is 0 Å². The van der Waals surface area contributed by atoms with Crippen LogP contribution in [0.25, 0.3) is 0 Å². The van der Waals surface area contributed by atoms with Gasteiger partial charge in [-0.3, -0.25) is 9.59 Å². The molecule has 0 aliphatic carbocycles. The minimum atomic E-state index is -0.379. The molecule has 1 rings (SSSR count). The third-order valence-electron chi connectivity index (χ3n) is 2.35. The molecule has 92 valence electrons. The standard InChI is InChI=1S/C13H15ClO3/c1-3-17-12(15)8-9(2)13(16)10-4-6-11(14)7-5-10/h4-7,9H,3,8H2,1-2H3/t9-/m0/s1. The third kappa shape index (κ3) is 4.19. The summed E-state index contributed by atoms with van der Waals surface area (Å²) in [4.78, 5) is 23.2. The summed E-state index contributed by atoms with van der Waals surface area (Å²) in [5, 5.41) is 0.583. The van der Waals surface area contributed by atoms with E-state index in [1.807, 2.05) is 0 Å². The highest BCUT2D eigenvalue weighted by Crippen LogP contribution is 2.15. The van der Waals surface area contributed by atoms with Crippen molar-refractivity contribution in [2.24, 2.45) is 5.92 Å². The largest absolute Gasteiger partial charge is 0.466 e. The highest BCUT2D eigenvalue weighted by Gasteiger charge is 2.19. The average Bonchev–Trinajstić information content (AvgIpc) is 2.29. The van der Waals surface area contributed by atoms with Gasteiger partial charge in [-0.05, 0) is 31.2 Å². The second kappa shape index (κ2) is 6.40. The van der Waals surface area contributed by atoms with Crippen LogP contribution in [-0.2, 0) is 9.53 Å². The summed E-state index contributed by atoms with van der Waals surface area (Å²) in [7, 11) is 0. The van der Waals surface area contributed by atoms with Crippen molar-refractivity contribution in [1.82, 2.24) is 0 Å². The molecule has 1 atom stereocenters. The Morgan fingerprint density at radius 3 is 2.41 bits per heavy atom. The second-order valence-electron chi connectivity index (χ2n) is 3.78. The van der Waals surface area contributed by atoms with Gasteiger partial charge in [0.15, 0.2) is 5.78 Å². The molecule has 0 saturated carbocycles. The van der Waals surface area contributed by atoms with E-state index in [1.165, 1.54) is 0 Å². The Balaban J connectivity index is 2.63. The predicted molar refractivity (Wildman–Crippen MR) is 66.2 cm³/mol. The van der Waals surface area contributed by atoms with Gasteiger partial charge in [-0.2, -0.15) is 0 Å². The summed E-state index contributed by atoms with van der Waals surface area (Å²) in [5.41, 5.74) is 0.561. The van der Waals surface area contributed by atoms with Crippen LogP contribution in [-0.4, -0.2) is 18.4 Å². The smallest absolute Gasteiger partial charge is 0.306 e. The van der Waals surface area contributed by atoms with Gasteiger partial charge in [0.1, 0.15) is 0 Å². The first-order valence-corrected chi connectivity index (χ1v) is 5.87. The number of esters is 1. The van der Waals surface area contributed by atoms with Gasteiger partial charge in [-0.1, -0.05) is 18.5 Å². The molecule has 0 saturated heterocycles. The molecule has 0 aliphatic rings. The molecule has 1 aromatic carbocycles. The lowest BCUT2D eigenvalue weighted by Crippen LogP contribution is -2.17. The van der Waals surface area contributed by atoms with Crippen LogP contribution in [0.4, 0.5) is 0 Å². The lowest BCUT2D eigenvalue weighted by Gasteiger charge is -2.09. The number of ether oxygens (including phenoxy) is 1. The Kier molecular flexibility index (Phi) is 5.16. The molecule has 0 amide bonds. The van der Waals surface area contributed by atoms with E-state index >= 15 is 0 Å². The summed E-state index contributed by atoms with van der Waals surface area (Å²) in [6.45, 7) is 3.79. The van der Waals surface area contributed by atoms with Gasteiger partial charge in [0.25, 0.3) is 0 Å². The topological polar surface area (TPSA) is 43.4 Å². The zero-order valence-corrected chi connectivity index (χ0v) is 10.7. The van der Waals surface area contributed by atoms with E-state index in [2.05, 4.69) is 0 Å². The van der Waals surface area contributed by atoms with Gasteiger partial charge in [0, 0.05) is 16.5 Å². The predicted octanol–water partition coefficient (Wildman–Crippen LogP) is 3.11. The number of hydrogen-bond acceptors (Lipinski definition) is 3. The van der Waals surface area contributed by atoms with Crippen LogP contribution in [0, 0.1) is 5.92 Å². The number of halogens is 1. The van der Waals surface area contributed by atoms with Crippen molar-refractivity contribution < 1.29 is 14.3 Å². The number of benzene rings is 1. The molecule has 0 spiro atoms. The number of carbonyl (C=O) groups is 2. The van der Waals surface area contributed by atoms with Gasteiger partial charge in [0.05, 0.1) is 13.0 Å². The van der Waals surface area contributed by atoms with Crippen LogP contribution in [0.2, 0.25) is 5.02 Å². The van der Waals surface area contributed by atoms with Gasteiger partial charge in [-0.25, -0.2) is 0 Å². The second-order valence-corrected chi connectivity index (χ2v) is 4.22. The van der Waals surface area contributed by atoms with Crippen molar-refractivity contribution >= 4 is 23.4 Å². The first-order chi connectivity index (χ1) is 8.04. The highest BCUT2D eigenvalue weighted by atomic mass is 35.5. The van der Waals surface area contributed by atoms with Crippen molar-refractivity contribution in [3.05, 3.63) is 34.9 Å². The van der Waals surface area contributed by atoms with E-state index in [-0.39, 0.29) is 24.1 Å². The average molecular weight is 255 g/mol. The fourth-order valence-electron chi connectivity index (χ4n) is 1.46. The maximum absolute atomic E-state index is 11.9. The maximum Gasteiger partial charge on any atom is 0.306 e. The Morgan fingerprint density at radius 2 is 1.88 bits per heavy atom. The van der Waals surface area contributed by atoms with Crippen LogP contribution in [0.15, 0.2) is 24.3 Å². The molecule has 3 nitrogen and oxygen atoms in total. The molecule has 0 unspecified atom stereocenters. The molecule has 0 bridgehead atoms. The molecular weight excluding hydrogens is 240 g/mol. The van der Waals surface area contributed by atoms with Crippen LogP contribution in [0.1, 0.15) is 30.6 Å². The van der Waals surface area contributed by atoms with E-state index in [4.69, 9.17) is 16.3 Å². The molecule has 4 heteroatoms. The molecular formula is C13H15ClO3. The monoisotopic (exact) mass is 254 g/mol. The Hall–Kier alpha value is -1.35. The number of carbonyl (C=O) groups excluding carboxylic acids is 2. The van der Waals surface area contributed by atoms with Crippen molar-refractivity contribution in [2.45, 2.75) is 20.3 Å². The van der Waals surface area contributed by atoms with Crippen LogP contribution in [0.3, 0.4) is 0 Å². The zero-order chi connectivity index (χ0) is 12.8. The van der Waals surface area contributed by atoms with E-state index in [9.17, 15) is 9.59 Å². The van der Waals surface area contributed by atoms with E-state index in [0.717, 1.165) is 0 Å². The first-order valence-electron chi connectivity index (χ1n) is 5.50. The summed E-state index contributed by atoms with van der Waals surface area (Å²) >= 11 is 5.74. The van der Waals surface area contributed by atoms with Crippen molar-refractivity contribution in [2.75, 3.05) is 6.61 Å². The fraction of sp³-hybridized carbons (Fsp3) is 0.385. The Morgan fingerprint density at radius 1 is 1.29 bits per heavy atom. The Labute approximate surface area is 106 Å². The molecule has 0 fully saturated rings. The van der Waals surface area contributed by atoms with E-state index < -0.39 is 0 Å². The van der Waals surface area contributed by atoms with Crippen molar-refractivity contribution in [3.8, 4) is 0 Å². The third-order valence-corrected chi connectivity index (χ3v) is 2.61. The molecule has 0 heterocycles. The fourth-order valence-corrected chi connectivity index (χ4v) is 1.59. The van der Waals surface area contributed by atoms with E-state index in [1.54, 1.807) is 38.1 Å². The molecule has 0 N–H and O–H groups in total. The molecule has 0 aliphatic heterocycles. The molecule has 1 aromatic rings. The molecule has 0 aromatic heterocycles. The van der Waals surface area contributed by atoms with Gasteiger partial charge >= 0.3 is 5.97 Å². The zero-order valence-electron chi connectivity index (χ0n) is 9.90. The van der Waals surface area contributed by atoms with E-state index in [0.29, 0.717) is 17.2 Å². The number of ketones is 1. The highest BCUT2D eigenvalue weighted by molar-refractivity contribution is 6.30. The summed E-state index contributed by atoms with van der Waals surface area (Å²) in [6.07, 6.45) is 0.106. The van der Waals surface area contributed by atoms with Crippen LogP contribution < -0.4 is 0 Å². The minimum absolute atomic E-state index is 0.0743. The van der Waals surface area contributed by atoms with Crippen LogP contribution in [0.5, 0.6) is 0 Å². The lowest BCUT2D eigenvalue weighted by molar-refractivity contribution is -0.143. The van der Waals surface area contributed by atoms with Gasteiger partial charge in [0.2, 0.25) is 0 Å². The van der Waals surface area contributed by atoms with Gasteiger partial charge in [-0.15, -0.1) is 0 Å². The minimum Gasteiger partial charge on any atom is -0.466 e. The van der Waals surface area contributed by atoms with Gasteiger partial charge < -0.3 is 4.74 Å². The normalized spacial score (nSPS) is 11.9. The molecule has 17 heavy (non-hydrogen) atoms. The SMILES string of the molecule is CCOC(=O)C[C@H](C)C(=O)c1ccc(Cl)cc1. The Bertz CT molecular complexity index is 398. The van der Waals surface area contributed by atoms with Crippen LogP contribution >= 0.6 is 11.6 Å². The number of rotatable bonds is 5. The van der Waals surface area contributed by atoms with Crippen molar-refractivity contribution in [1.29, 1.82) is 0 Å². The lowest BCUT2D eigenvalue weighted by atomic mass is 9.96. The summed E-state index contributed by atoms with van der Waals surface area (Å²) < 4.78 is 4.81. The number of Topliss-reactive ketones (excluding diaryl/α,β-unsaturated/α-hetero) is 1. The quantitative estimate of drug-likeness (QED) is 0.599. The number of hydrogen-bond donors (Lipinski definition) is 0. The first kappa shape index (κ1) is 13.7. The summed E-state index contributed by atoms with van der Waals surface area (Å²) in [5.74, 6) is -0.799.